The van der Waals surface area contributed by atoms with Crippen LogP contribution in [0.2, 0.25) is 0 Å². The van der Waals surface area contributed by atoms with E-state index in [1.807, 2.05) is 0 Å². The van der Waals surface area contributed by atoms with E-state index in [1.165, 1.54) is 6.26 Å². The van der Waals surface area contributed by atoms with Crippen molar-refractivity contribution in [3.63, 3.8) is 0 Å². The molecule has 5 heteroatoms. The Labute approximate surface area is 119 Å². The van der Waals surface area contributed by atoms with E-state index in [2.05, 4.69) is 11.8 Å². The minimum absolute atomic E-state index is 0.221. The number of ether oxygens (including phenoxy) is 1. The highest BCUT2D eigenvalue weighted by molar-refractivity contribution is 5.87. The Morgan fingerprint density at radius 1 is 1.50 bits per heavy atom. The number of furan rings is 1. The summed E-state index contributed by atoms with van der Waals surface area (Å²) in [6, 6.07) is 1.61. The molecule has 1 N–H and O–H groups in total. The Morgan fingerprint density at radius 2 is 2.35 bits per heavy atom. The first kappa shape index (κ1) is 15.1. The minimum Gasteiger partial charge on any atom is -0.478 e. The normalized spacial score (nSPS) is 20.8. The topological polar surface area (TPSA) is 62.9 Å². The molecule has 0 bridgehead atoms. The molecule has 2 heterocycles. The lowest BCUT2D eigenvalue weighted by Gasteiger charge is -2.18. The van der Waals surface area contributed by atoms with Crippen molar-refractivity contribution >= 4 is 5.97 Å². The maximum Gasteiger partial charge on any atom is 0.338 e. The van der Waals surface area contributed by atoms with Crippen molar-refractivity contribution in [1.82, 2.24) is 4.90 Å². The molecule has 0 spiro atoms. The molecule has 1 aromatic rings. The molecule has 1 aliphatic rings. The van der Waals surface area contributed by atoms with Crippen molar-refractivity contribution in [2.45, 2.75) is 45.3 Å². The van der Waals surface area contributed by atoms with Gasteiger partial charge in [0.1, 0.15) is 12.0 Å². The quantitative estimate of drug-likeness (QED) is 0.868. The van der Waals surface area contributed by atoms with Crippen molar-refractivity contribution in [1.29, 1.82) is 0 Å². The lowest BCUT2D eigenvalue weighted by Crippen LogP contribution is -2.24. The lowest BCUT2D eigenvalue weighted by atomic mass is 10.2. The molecule has 1 fully saturated rings. The molecule has 1 aliphatic heterocycles. The summed E-state index contributed by atoms with van der Waals surface area (Å²) in [4.78, 5) is 13.1. The van der Waals surface area contributed by atoms with Crippen molar-refractivity contribution in [2.75, 3.05) is 19.7 Å². The monoisotopic (exact) mass is 281 g/mol. The van der Waals surface area contributed by atoms with Crippen LogP contribution >= 0.6 is 0 Å². The van der Waals surface area contributed by atoms with Crippen LogP contribution in [0.5, 0.6) is 0 Å². The summed E-state index contributed by atoms with van der Waals surface area (Å²) in [7, 11) is 0. The Kier molecular flexibility index (Phi) is 5.61. The number of carbonyl (C=O) groups is 1. The second-order valence-corrected chi connectivity index (χ2v) is 5.31. The number of likely N-dealkylation sites (tertiary alicyclic amines) is 1. The highest BCUT2D eigenvalue weighted by Gasteiger charge is 2.18. The molecule has 1 saturated heterocycles. The van der Waals surface area contributed by atoms with Gasteiger partial charge in [0.2, 0.25) is 0 Å². The van der Waals surface area contributed by atoms with Gasteiger partial charge in [-0.2, -0.15) is 0 Å². The van der Waals surface area contributed by atoms with Gasteiger partial charge in [0.05, 0.1) is 18.2 Å². The Balaban J connectivity index is 1.82. The van der Waals surface area contributed by atoms with Crippen LogP contribution in [0, 0.1) is 0 Å². The molecule has 0 radical (unpaired) electrons. The molecule has 112 valence electrons. The van der Waals surface area contributed by atoms with Gasteiger partial charge in [-0.15, -0.1) is 0 Å². The standard InChI is InChI=1S/C15H23NO4/c1-2-8-19-13-4-3-6-16(7-5-13)10-14-9-12(11-20-14)15(17)18/h9,11,13H,2-8,10H2,1H3,(H,17,18)/t13-/m0/s1. The van der Waals surface area contributed by atoms with Crippen LogP contribution in [0.4, 0.5) is 0 Å². The molecule has 5 nitrogen and oxygen atoms in total. The zero-order valence-corrected chi connectivity index (χ0v) is 12.0. The van der Waals surface area contributed by atoms with E-state index < -0.39 is 5.97 Å². The largest absolute Gasteiger partial charge is 0.478 e. The van der Waals surface area contributed by atoms with Crippen molar-refractivity contribution in [3.8, 4) is 0 Å². The van der Waals surface area contributed by atoms with Gasteiger partial charge in [-0.3, -0.25) is 4.90 Å². The van der Waals surface area contributed by atoms with Crippen LogP contribution in [-0.4, -0.2) is 41.8 Å². The van der Waals surface area contributed by atoms with Gasteiger partial charge in [0, 0.05) is 13.2 Å². The van der Waals surface area contributed by atoms with Crippen molar-refractivity contribution in [2.24, 2.45) is 0 Å². The van der Waals surface area contributed by atoms with Crippen LogP contribution in [0.25, 0.3) is 0 Å². The van der Waals surface area contributed by atoms with E-state index in [-0.39, 0.29) is 5.56 Å². The first-order chi connectivity index (χ1) is 9.69. The molecular formula is C15H23NO4. The molecular weight excluding hydrogens is 258 g/mol. The third-order valence-electron chi connectivity index (χ3n) is 3.61. The average Bonchev–Trinajstić information content (AvgIpc) is 2.78. The second kappa shape index (κ2) is 7.45. The molecule has 2 rings (SSSR count). The Hall–Kier alpha value is -1.33. The number of carboxylic acid groups (broad SMARTS) is 1. The first-order valence-corrected chi connectivity index (χ1v) is 7.33. The number of carboxylic acids is 1. The number of hydrogen-bond acceptors (Lipinski definition) is 4. The molecule has 0 aromatic carbocycles. The SMILES string of the molecule is CCCO[C@H]1CCCN(Cc2cc(C(=O)O)co2)CC1. The predicted molar refractivity (Wildman–Crippen MR) is 74.8 cm³/mol. The summed E-state index contributed by atoms with van der Waals surface area (Å²) in [6.07, 6.45) is 5.99. The molecule has 0 aliphatic carbocycles. The minimum atomic E-state index is -0.941. The van der Waals surface area contributed by atoms with Crippen LogP contribution in [0.3, 0.4) is 0 Å². The summed E-state index contributed by atoms with van der Waals surface area (Å²) in [6.45, 7) is 5.62. The summed E-state index contributed by atoms with van der Waals surface area (Å²) in [5.41, 5.74) is 0.221. The van der Waals surface area contributed by atoms with Crippen molar-refractivity contribution < 1.29 is 19.1 Å². The van der Waals surface area contributed by atoms with Gasteiger partial charge in [0.25, 0.3) is 0 Å². The average molecular weight is 281 g/mol. The summed E-state index contributed by atoms with van der Waals surface area (Å²) in [5.74, 6) is -0.223. The van der Waals surface area contributed by atoms with E-state index >= 15 is 0 Å². The van der Waals surface area contributed by atoms with Gasteiger partial charge in [-0.05, 0) is 38.3 Å². The fraction of sp³-hybridized carbons (Fsp3) is 0.667. The second-order valence-electron chi connectivity index (χ2n) is 5.31. The van der Waals surface area contributed by atoms with Gasteiger partial charge >= 0.3 is 5.97 Å². The summed E-state index contributed by atoms with van der Waals surface area (Å²) >= 11 is 0. The van der Waals surface area contributed by atoms with Crippen LogP contribution in [0.15, 0.2) is 16.7 Å². The zero-order valence-electron chi connectivity index (χ0n) is 12.0. The Morgan fingerprint density at radius 3 is 3.05 bits per heavy atom. The van der Waals surface area contributed by atoms with E-state index in [9.17, 15) is 4.79 Å². The third kappa shape index (κ3) is 4.35. The molecule has 1 aromatic heterocycles. The van der Waals surface area contributed by atoms with Gasteiger partial charge in [-0.1, -0.05) is 6.92 Å². The summed E-state index contributed by atoms with van der Waals surface area (Å²) < 4.78 is 11.1. The predicted octanol–water partition coefficient (Wildman–Crippen LogP) is 2.76. The van der Waals surface area contributed by atoms with Crippen LogP contribution < -0.4 is 0 Å². The highest BCUT2D eigenvalue weighted by Crippen LogP contribution is 2.17. The maximum atomic E-state index is 10.8. The van der Waals surface area contributed by atoms with Gasteiger partial charge in [-0.25, -0.2) is 4.79 Å². The molecule has 1 atom stereocenters. The molecule has 20 heavy (non-hydrogen) atoms. The lowest BCUT2D eigenvalue weighted by molar-refractivity contribution is 0.0436. The van der Waals surface area contributed by atoms with E-state index in [0.29, 0.717) is 12.6 Å². The molecule has 0 unspecified atom stereocenters. The highest BCUT2D eigenvalue weighted by atomic mass is 16.5. The summed E-state index contributed by atoms with van der Waals surface area (Å²) in [5, 5.41) is 8.88. The van der Waals surface area contributed by atoms with E-state index in [4.69, 9.17) is 14.3 Å². The fourth-order valence-corrected chi connectivity index (χ4v) is 2.53. The molecule has 0 saturated carbocycles. The van der Waals surface area contributed by atoms with Gasteiger partial charge in [0.15, 0.2) is 0 Å². The van der Waals surface area contributed by atoms with E-state index in [0.717, 1.165) is 51.1 Å². The van der Waals surface area contributed by atoms with Crippen LogP contribution in [-0.2, 0) is 11.3 Å². The van der Waals surface area contributed by atoms with Gasteiger partial charge < -0.3 is 14.3 Å². The number of aromatic carboxylic acids is 1. The smallest absolute Gasteiger partial charge is 0.338 e. The fourth-order valence-electron chi connectivity index (χ4n) is 2.53. The molecule has 0 amide bonds. The number of nitrogens with zero attached hydrogens (tertiary/aromatic N) is 1. The Bertz CT molecular complexity index is 429. The number of hydrogen-bond donors (Lipinski definition) is 1. The van der Waals surface area contributed by atoms with E-state index in [1.54, 1.807) is 6.07 Å². The first-order valence-electron chi connectivity index (χ1n) is 7.33. The number of rotatable bonds is 6. The zero-order chi connectivity index (χ0) is 14.4. The maximum absolute atomic E-state index is 10.8. The third-order valence-corrected chi connectivity index (χ3v) is 3.61. The van der Waals surface area contributed by atoms with Crippen molar-refractivity contribution in [3.05, 3.63) is 23.7 Å². The van der Waals surface area contributed by atoms with Crippen LogP contribution in [0.1, 0.15) is 48.7 Å².